The molecular weight excluding hydrogens is 455 g/mol. The van der Waals surface area contributed by atoms with E-state index in [-0.39, 0.29) is 36.5 Å². The molecule has 2 unspecified atom stereocenters. The van der Waals surface area contributed by atoms with E-state index in [0.717, 1.165) is 18.4 Å². The maximum Gasteiger partial charge on any atom is 0.237 e. The van der Waals surface area contributed by atoms with E-state index in [1.54, 1.807) is 23.5 Å². The van der Waals surface area contributed by atoms with E-state index in [4.69, 9.17) is 9.47 Å². The Bertz CT molecular complexity index is 912. The van der Waals surface area contributed by atoms with Crippen LogP contribution in [-0.2, 0) is 16.0 Å². The summed E-state index contributed by atoms with van der Waals surface area (Å²) in [6.07, 6.45) is 1.04. The fourth-order valence-electron chi connectivity index (χ4n) is 4.11. The Morgan fingerprint density at radius 3 is 2.71 bits per heavy atom. The molecule has 2 heterocycles. The van der Waals surface area contributed by atoms with Gasteiger partial charge in [-0.3, -0.25) is 9.69 Å². The van der Waals surface area contributed by atoms with Crippen molar-refractivity contribution in [2.24, 2.45) is 0 Å². The highest BCUT2D eigenvalue weighted by Gasteiger charge is 2.33. The molecule has 0 spiro atoms. The molecule has 0 radical (unpaired) electrons. The quantitative estimate of drug-likeness (QED) is 0.507. The molecule has 1 amide bonds. The third-order valence-corrected chi connectivity index (χ3v) is 6.71. The third-order valence-electron chi connectivity index (χ3n) is 5.71. The van der Waals surface area contributed by atoms with Crippen LogP contribution in [0.1, 0.15) is 50.6 Å². The lowest BCUT2D eigenvalue weighted by atomic mass is 10.0. The first-order valence-corrected chi connectivity index (χ1v) is 12.8. The molecule has 1 aromatic carbocycles. The second-order valence-electron chi connectivity index (χ2n) is 9.73. The maximum atomic E-state index is 13.4. The number of aliphatic hydroxyl groups is 1. The van der Waals surface area contributed by atoms with Crippen molar-refractivity contribution in [3.63, 3.8) is 0 Å². The average Bonchev–Trinajstić information content (AvgIpc) is 3.26. The van der Waals surface area contributed by atoms with E-state index in [0.29, 0.717) is 32.0 Å². The normalized spacial score (nSPS) is 17.0. The molecule has 34 heavy (non-hydrogen) atoms. The minimum atomic E-state index is -0.666. The minimum Gasteiger partial charge on any atom is -0.491 e. The smallest absolute Gasteiger partial charge is 0.237 e. The zero-order valence-corrected chi connectivity index (χ0v) is 21.4. The second kappa shape index (κ2) is 12.1. The Kier molecular flexibility index (Phi) is 9.47. The van der Waals surface area contributed by atoms with Gasteiger partial charge in [-0.15, -0.1) is 11.3 Å². The number of nitrogens with zero attached hydrogens (tertiary/aromatic N) is 2. The molecule has 6 nitrogen and oxygen atoms in total. The number of hydrogen-bond acceptors (Lipinski definition) is 6. The van der Waals surface area contributed by atoms with Crippen molar-refractivity contribution in [2.45, 2.75) is 58.3 Å². The van der Waals surface area contributed by atoms with Crippen molar-refractivity contribution >= 4 is 17.2 Å². The predicted molar refractivity (Wildman–Crippen MR) is 133 cm³/mol. The van der Waals surface area contributed by atoms with Gasteiger partial charge in [0.25, 0.3) is 0 Å². The Morgan fingerprint density at radius 2 is 2.03 bits per heavy atom. The fourth-order valence-corrected chi connectivity index (χ4v) is 5.04. The summed E-state index contributed by atoms with van der Waals surface area (Å²) < 4.78 is 24.9. The Morgan fingerprint density at radius 1 is 1.29 bits per heavy atom. The van der Waals surface area contributed by atoms with Gasteiger partial charge in [-0.2, -0.15) is 0 Å². The molecule has 0 fully saturated rings. The van der Waals surface area contributed by atoms with Crippen LogP contribution < -0.4 is 4.74 Å². The van der Waals surface area contributed by atoms with Gasteiger partial charge in [0.15, 0.2) is 0 Å². The first-order valence-electron chi connectivity index (χ1n) is 11.9. The van der Waals surface area contributed by atoms with E-state index >= 15 is 0 Å². The summed E-state index contributed by atoms with van der Waals surface area (Å²) in [6, 6.07) is 7.80. The van der Waals surface area contributed by atoms with Crippen LogP contribution in [-0.4, -0.2) is 71.9 Å². The Balaban J connectivity index is 1.66. The topological polar surface area (TPSA) is 62.2 Å². The van der Waals surface area contributed by atoms with Crippen LogP contribution in [0.2, 0.25) is 0 Å². The summed E-state index contributed by atoms with van der Waals surface area (Å²) in [6.45, 7) is 10.4. The molecular formula is C26H37FN2O4S. The highest BCUT2D eigenvalue weighted by Crippen LogP contribution is 2.34. The molecule has 2 atom stereocenters. The number of benzene rings is 1. The molecule has 2 aromatic rings. The van der Waals surface area contributed by atoms with Gasteiger partial charge >= 0.3 is 0 Å². The molecule has 0 aliphatic carbocycles. The van der Waals surface area contributed by atoms with Crippen LogP contribution in [0.3, 0.4) is 0 Å². The summed E-state index contributed by atoms with van der Waals surface area (Å²) in [5.74, 6) is 0.278. The number of carbonyl (C=O) groups is 1. The highest BCUT2D eigenvalue weighted by atomic mass is 32.1. The molecule has 3 rings (SSSR count). The fraction of sp³-hybridized carbons (Fsp3) is 0.577. The number of aliphatic hydroxyl groups excluding tert-OH is 1. The molecule has 0 bridgehead atoms. The van der Waals surface area contributed by atoms with Gasteiger partial charge in [0.05, 0.1) is 30.9 Å². The molecule has 1 aromatic heterocycles. The molecule has 0 saturated carbocycles. The van der Waals surface area contributed by atoms with Gasteiger partial charge in [-0.05, 0) is 81.4 Å². The standard InChI is InChI=1S/C26H37FN2O4S/c1-5-12-28(15-20(30)17-33-26(2,3)4)16-25(31)29-13-10-24-22(11-14-34-24)23(29)18-32-21-8-6-19(27)7-9-21/h6-9,11,14,20,23,30H,5,10,12-13,15-18H2,1-4H3. The summed E-state index contributed by atoms with van der Waals surface area (Å²) in [5.41, 5.74) is 0.795. The summed E-state index contributed by atoms with van der Waals surface area (Å²) in [4.78, 5) is 18.6. The highest BCUT2D eigenvalue weighted by molar-refractivity contribution is 7.10. The lowest BCUT2D eigenvalue weighted by Crippen LogP contribution is -2.48. The average molecular weight is 493 g/mol. The molecule has 0 saturated heterocycles. The lowest BCUT2D eigenvalue weighted by molar-refractivity contribution is -0.136. The van der Waals surface area contributed by atoms with E-state index in [1.807, 2.05) is 30.6 Å². The van der Waals surface area contributed by atoms with Gasteiger partial charge in [-0.1, -0.05) is 6.92 Å². The molecule has 1 aliphatic rings. The molecule has 188 valence electrons. The first kappa shape index (κ1) is 26.6. The number of ether oxygens (including phenoxy) is 2. The Hall–Kier alpha value is -2.00. The van der Waals surface area contributed by atoms with Crippen molar-refractivity contribution in [1.82, 2.24) is 9.80 Å². The van der Waals surface area contributed by atoms with Crippen LogP contribution >= 0.6 is 11.3 Å². The van der Waals surface area contributed by atoms with Crippen molar-refractivity contribution in [2.75, 3.05) is 39.4 Å². The van der Waals surface area contributed by atoms with Crippen LogP contribution in [0.5, 0.6) is 5.75 Å². The number of thiophene rings is 1. The van der Waals surface area contributed by atoms with Gasteiger partial charge in [0, 0.05) is 18.0 Å². The first-order chi connectivity index (χ1) is 16.2. The minimum absolute atomic E-state index is 0.0157. The monoisotopic (exact) mass is 492 g/mol. The second-order valence-corrected chi connectivity index (χ2v) is 10.7. The van der Waals surface area contributed by atoms with Gasteiger partial charge in [-0.25, -0.2) is 4.39 Å². The number of carbonyl (C=O) groups excluding carboxylic acids is 1. The van der Waals surface area contributed by atoms with Gasteiger partial charge in [0.2, 0.25) is 5.91 Å². The summed E-state index contributed by atoms with van der Waals surface area (Å²) >= 11 is 1.70. The van der Waals surface area contributed by atoms with E-state index in [1.165, 1.54) is 17.0 Å². The number of halogens is 1. The number of rotatable bonds is 11. The summed E-state index contributed by atoms with van der Waals surface area (Å²) in [7, 11) is 0. The van der Waals surface area contributed by atoms with Crippen LogP contribution in [0.25, 0.3) is 0 Å². The van der Waals surface area contributed by atoms with Crippen molar-refractivity contribution < 1.29 is 23.8 Å². The largest absolute Gasteiger partial charge is 0.491 e. The maximum absolute atomic E-state index is 13.4. The van der Waals surface area contributed by atoms with E-state index < -0.39 is 6.10 Å². The van der Waals surface area contributed by atoms with Crippen molar-refractivity contribution in [3.8, 4) is 5.75 Å². The number of amides is 1. The van der Waals surface area contributed by atoms with Crippen LogP contribution in [0, 0.1) is 5.82 Å². The molecule has 8 heteroatoms. The number of hydrogen-bond donors (Lipinski definition) is 1. The molecule has 1 N–H and O–H groups in total. The van der Waals surface area contributed by atoms with E-state index in [2.05, 4.69) is 18.4 Å². The van der Waals surface area contributed by atoms with Crippen LogP contribution in [0.4, 0.5) is 4.39 Å². The summed E-state index contributed by atoms with van der Waals surface area (Å²) in [5, 5.41) is 12.5. The van der Waals surface area contributed by atoms with E-state index in [9.17, 15) is 14.3 Å². The zero-order chi connectivity index (χ0) is 24.7. The SMILES string of the molecule is CCCN(CC(=O)N1CCc2sccc2C1COc1ccc(F)cc1)CC(O)COC(C)(C)C. The number of fused-ring (bicyclic) bond motifs is 1. The van der Waals surface area contributed by atoms with Crippen molar-refractivity contribution in [3.05, 3.63) is 52.0 Å². The predicted octanol–water partition coefficient (Wildman–Crippen LogP) is 4.28. The third kappa shape index (κ3) is 7.77. The lowest BCUT2D eigenvalue weighted by Gasteiger charge is -2.37. The zero-order valence-electron chi connectivity index (χ0n) is 20.6. The Labute approximate surface area is 206 Å². The van der Waals surface area contributed by atoms with Gasteiger partial charge < -0.3 is 19.5 Å². The molecule has 1 aliphatic heterocycles. The van der Waals surface area contributed by atoms with Gasteiger partial charge in [0.1, 0.15) is 18.2 Å². The van der Waals surface area contributed by atoms with Crippen LogP contribution in [0.15, 0.2) is 35.7 Å². The van der Waals surface area contributed by atoms with Crippen molar-refractivity contribution in [1.29, 1.82) is 0 Å².